The Morgan fingerprint density at radius 3 is 2.08 bits per heavy atom. The van der Waals surface area contributed by atoms with E-state index in [1.165, 1.54) is 60.8 Å². The number of benzene rings is 6. The molecule has 15 heteroatoms. The van der Waals surface area contributed by atoms with Gasteiger partial charge in [0.2, 0.25) is 0 Å². The van der Waals surface area contributed by atoms with Crippen molar-refractivity contribution in [1.82, 2.24) is 9.55 Å². The van der Waals surface area contributed by atoms with Gasteiger partial charge in [0.25, 0.3) is 5.91 Å². The van der Waals surface area contributed by atoms with Crippen molar-refractivity contribution in [1.29, 1.82) is 0 Å². The Kier molecular flexibility index (Phi) is 12.1. The summed E-state index contributed by atoms with van der Waals surface area (Å²) in [6, 6.07) is 44.4. The molecule has 0 spiro atoms. The Morgan fingerprint density at radius 1 is 0.788 bits per heavy atom. The van der Waals surface area contributed by atoms with Crippen molar-refractivity contribution in [3.63, 3.8) is 0 Å². The van der Waals surface area contributed by atoms with Gasteiger partial charge in [-0.2, -0.15) is 4.98 Å². The fourth-order valence-corrected chi connectivity index (χ4v) is 12.8. The lowest BCUT2D eigenvalue weighted by atomic mass is 9.90. The summed E-state index contributed by atoms with van der Waals surface area (Å²) < 4.78 is 18.8. The van der Waals surface area contributed by atoms with Gasteiger partial charge in [0.05, 0.1) is 24.3 Å². The summed E-state index contributed by atoms with van der Waals surface area (Å²) in [5, 5.41) is 37.8. The van der Waals surface area contributed by atoms with E-state index in [0.717, 1.165) is 20.5 Å². The van der Waals surface area contributed by atoms with Gasteiger partial charge in [-0.3, -0.25) is 19.0 Å². The molecule has 1 amide bonds. The average Bonchev–Trinajstić information content (AvgIpc) is 3.70. The maximum absolute atomic E-state index is 13.5. The molecule has 9 rings (SSSR count). The lowest BCUT2D eigenvalue weighted by Crippen LogP contribution is -2.34. The van der Waals surface area contributed by atoms with E-state index < -0.39 is 49.2 Å². The van der Waals surface area contributed by atoms with Crippen molar-refractivity contribution in [2.75, 3.05) is 18.1 Å². The number of esters is 1. The number of aliphatic hydroxyl groups is 1. The molecule has 5 aromatic carbocycles. The van der Waals surface area contributed by atoms with Gasteiger partial charge in [0, 0.05) is 46.8 Å². The van der Waals surface area contributed by atoms with Crippen LogP contribution in [0.5, 0.6) is 5.75 Å². The van der Waals surface area contributed by atoms with Crippen LogP contribution in [0.4, 0.5) is 5.82 Å². The molecular formula is C51H41N3O11P+. The molecule has 66 heavy (non-hydrogen) atoms. The van der Waals surface area contributed by atoms with Crippen LogP contribution in [0.25, 0.3) is 33.4 Å². The van der Waals surface area contributed by atoms with Crippen LogP contribution in [0, 0.1) is 0 Å². The molecule has 0 bridgehead atoms. The first kappa shape index (κ1) is 43.5. The number of aromatic hydroxyl groups is 1. The molecule has 3 heterocycles. The second-order valence-electron chi connectivity index (χ2n) is 15.7. The standard InChI is InChI=1S/C51H40N3O11P/c55-32-17-20-38-42(27-32)64-43-28-33(56)18-21-39(43)48(38)37-19-16-31(26-40(37)50(60)61)49(59)52-45-22-24-54(51(62)53-45)46-29-41(57)44(65-46)30-63-47(58)23-25-66(34-10-4-1-5-11-34,35-12-6-2-7-13-35)36-14-8-3-9-15-36/h1-22,24,26-28,41,44,46,57H,23,25,29-30H2,(H2-,52,53,55,56,59,60,61,62)/p+1/t41-,44+,46+/m0/s1. The molecule has 3 aliphatic rings. The highest BCUT2D eigenvalue weighted by Crippen LogP contribution is 2.55. The predicted molar refractivity (Wildman–Crippen MR) is 250 cm³/mol. The third kappa shape index (κ3) is 8.60. The lowest BCUT2D eigenvalue weighted by Gasteiger charge is -2.27. The first-order valence-electron chi connectivity index (χ1n) is 21.0. The number of carboxylic acid groups (broad SMARTS) is 1. The molecule has 330 valence electrons. The number of anilines is 1. The molecule has 1 fully saturated rings. The Balaban J connectivity index is 0.872. The zero-order valence-electron chi connectivity index (χ0n) is 35.0. The first-order chi connectivity index (χ1) is 32.0. The summed E-state index contributed by atoms with van der Waals surface area (Å²) in [6.07, 6.45) is -0.976. The second-order valence-corrected chi connectivity index (χ2v) is 19.4. The smallest absolute Gasteiger partial charge is 0.351 e. The van der Waals surface area contributed by atoms with E-state index in [4.69, 9.17) is 13.9 Å². The van der Waals surface area contributed by atoms with Gasteiger partial charge in [-0.15, -0.1) is 0 Å². The SMILES string of the molecule is O=C(CC[P+](c1ccccc1)(c1ccccc1)c1ccccc1)OC[C@H]1O[C@@H](n2ccc(NC(=O)c3ccc(-c4c5ccc(=O)cc-5oc5cc(O)ccc45)c(C(=O)O)c3)nc2=O)C[C@@H]1O. The van der Waals surface area contributed by atoms with Gasteiger partial charge in [0.1, 0.15) is 65.0 Å². The number of ether oxygens (including phenoxy) is 2. The fraction of sp³-hybridized carbons (Fsp3) is 0.137. The number of amides is 1. The molecule has 0 saturated carbocycles. The summed E-state index contributed by atoms with van der Waals surface area (Å²) in [7, 11) is -2.29. The van der Waals surface area contributed by atoms with Crippen LogP contribution in [0.1, 0.15) is 39.8 Å². The number of nitrogens with zero attached hydrogens (tertiary/aromatic N) is 2. The zero-order valence-corrected chi connectivity index (χ0v) is 35.9. The summed E-state index contributed by atoms with van der Waals surface area (Å²) in [5.74, 6) is -2.60. The van der Waals surface area contributed by atoms with Crippen molar-refractivity contribution >= 4 is 57.8 Å². The molecular weight excluding hydrogens is 862 g/mol. The number of hydrogen-bond acceptors (Lipinski definition) is 11. The summed E-state index contributed by atoms with van der Waals surface area (Å²) >= 11 is 0. The van der Waals surface area contributed by atoms with E-state index >= 15 is 0 Å². The Hall–Kier alpha value is -7.77. The number of carbonyl (C=O) groups is 3. The van der Waals surface area contributed by atoms with Crippen LogP contribution >= 0.6 is 7.26 Å². The van der Waals surface area contributed by atoms with Gasteiger partial charge >= 0.3 is 17.6 Å². The second kappa shape index (κ2) is 18.4. The molecule has 6 aromatic rings. The molecule has 1 aromatic heterocycles. The minimum Gasteiger partial charge on any atom is -0.508 e. The quantitative estimate of drug-likeness (QED) is 0.0567. The minimum atomic E-state index is -2.29. The molecule has 4 N–H and O–H groups in total. The van der Waals surface area contributed by atoms with E-state index in [2.05, 4.69) is 46.7 Å². The Morgan fingerprint density at radius 2 is 1.44 bits per heavy atom. The highest BCUT2D eigenvalue weighted by atomic mass is 31.2. The predicted octanol–water partition coefficient (Wildman–Crippen LogP) is 6.35. The topological polar surface area (TPSA) is 207 Å². The maximum Gasteiger partial charge on any atom is 0.351 e. The molecule has 0 radical (unpaired) electrons. The highest BCUT2D eigenvalue weighted by molar-refractivity contribution is 7.95. The maximum atomic E-state index is 13.5. The van der Waals surface area contributed by atoms with E-state index in [1.807, 2.05) is 54.6 Å². The number of phenols is 1. The number of aliphatic hydroxyl groups excluding tert-OH is 1. The van der Waals surface area contributed by atoms with E-state index in [1.54, 1.807) is 6.07 Å². The fourth-order valence-electron chi connectivity index (χ4n) is 8.54. The van der Waals surface area contributed by atoms with Crippen molar-refractivity contribution in [2.24, 2.45) is 0 Å². The van der Waals surface area contributed by atoms with Gasteiger partial charge in [-0.1, -0.05) is 60.7 Å². The molecule has 0 unspecified atom stereocenters. The molecule has 1 saturated heterocycles. The number of rotatable bonds is 13. The number of carboxylic acids is 1. The van der Waals surface area contributed by atoms with Crippen molar-refractivity contribution in [3.05, 3.63) is 190 Å². The summed E-state index contributed by atoms with van der Waals surface area (Å²) in [6.45, 7) is -0.242. The monoisotopic (exact) mass is 902 g/mol. The van der Waals surface area contributed by atoms with Crippen LogP contribution in [-0.2, 0) is 14.3 Å². The van der Waals surface area contributed by atoms with Crippen LogP contribution < -0.4 is 32.3 Å². The number of aromatic carboxylic acids is 1. The van der Waals surface area contributed by atoms with E-state index in [0.29, 0.717) is 22.7 Å². The molecule has 2 aliphatic heterocycles. The number of fused-ring (bicyclic) bond motifs is 2. The van der Waals surface area contributed by atoms with Crippen LogP contribution in [0.15, 0.2) is 172 Å². The number of hydrogen-bond donors (Lipinski definition) is 4. The van der Waals surface area contributed by atoms with Crippen LogP contribution in [-0.4, -0.2) is 67.7 Å². The third-order valence-corrected chi connectivity index (χ3v) is 16.1. The van der Waals surface area contributed by atoms with E-state index in [9.17, 15) is 39.3 Å². The van der Waals surface area contributed by atoms with Crippen LogP contribution in [0.3, 0.4) is 0 Å². The lowest BCUT2D eigenvalue weighted by molar-refractivity contribution is -0.149. The first-order valence-corrected chi connectivity index (χ1v) is 23.0. The number of nitrogens with one attached hydrogen (secondary N) is 1. The van der Waals surface area contributed by atoms with Crippen molar-refractivity contribution in [3.8, 4) is 28.2 Å². The molecule has 3 atom stereocenters. The Bertz CT molecular complexity index is 3100. The largest absolute Gasteiger partial charge is 0.508 e. The number of carbonyl (C=O) groups excluding carboxylic acids is 2. The number of phenolic OH excluding ortho intramolecular Hbond substituents is 1. The van der Waals surface area contributed by atoms with Crippen molar-refractivity contribution in [2.45, 2.75) is 31.3 Å². The van der Waals surface area contributed by atoms with Crippen LogP contribution in [0.2, 0.25) is 0 Å². The zero-order chi connectivity index (χ0) is 46.0. The average molecular weight is 903 g/mol. The highest BCUT2D eigenvalue weighted by Gasteiger charge is 2.46. The normalized spacial score (nSPS) is 16.0. The number of aromatic nitrogens is 2. The Labute approximate surface area is 377 Å². The van der Waals surface area contributed by atoms with Gasteiger partial charge in [-0.25, -0.2) is 9.59 Å². The minimum absolute atomic E-state index is 0.00375. The van der Waals surface area contributed by atoms with Gasteiger partial charge < -0.3 is 34.5 Å². The van der Waals surface area contributed by atoms with Gasteiger partial charge in [-0.05, 0) is 84.4 Å². The molecule has 1 aliphatic carbocycles. The summed E-state index contributed by atoms with van der Waals surface area (Å²) in [5.41, 5.74) is -0.143. The van der Waals surface area contributed by atoms with Gasteiger partial charge in [0.15, 0.2) is 5.43 Å². The third-order valence-electron chi connectivity index (χ3n) is 11.7. The summed E-state index contributed by atoms with van der Waals surface area (Å²) in [4.78, 5) is 69.1. The molecule has 14 nitrogen and oxygen atoms in total. The van der Waals surface area contributed by atoms with Crippen molar-refractivity contribution < 1.29 is 43.6 Å². The van der Waals surface area contributed by atoms with E-state index in [-0.39, 0.29) is 64.5 Å².